The van der Waals surface area contributed by atoms with Crippen LogP contribution in [0.2, 0.25) is 0 Å². The number of rotatable bonds is 3. The third-order valence-corrected chi connectivity index (χ3v) is 2.19. The van der Waals surface area contributed by atoms with E-state index in [9.17, 15) is 4.57 Å². The highest BCUT2D eigenvalue weighted by atomic mass is 127. The van der Waals surface area contributed by atoms with Crippen LogP contribution < -0.4 is 7.59 Å². The Morgan fingerprint density at radius 2 is 2.15 bits per heavy atom. The van der Waals surface area contributed by atoms with Gasteiger partial charge in [0.15, 0.2) is 28.8 Å². The summed E-state index contributed by atoms with van der Waals surface area (Å²) in [6, 6.07) is 5.14. The first kappa shape index (κ1) is 10.7. The van der Waals surface area contributed by atoms with Gasteiger partial charge in [0.1, 0.15) is 0 Å². The highest BCUT2D eigenvalue weighted by Gasteiger charge is 2.18. The molecule has 0 aliphatic heterocycles. The molecule has 0 radical (unpaired) electrons. The van der Waals surface area contributed by atoms with Gasteiger partial charge in [0.25, 0.3) is 0 Å². The Labute approximate surface area is 90.5 Å². The summed E-state index contributed by atoms with van der Waals surface area (Å²) in [5.74, 6) is 0.710. The predicted molar refractivity (Wildman–Crippen MR) is 56.3 cm³/mol. The van der Waals surface area contributed by atoms with Crippen LogP contribution >= 0.6 is 31.3 Å². The second-order valence-corrected chi connectivity index (χ2v) is 3.46. The van der Waals surface area contributed by atoms with E-state index in [4.69, 9.17) is 7.96 Å². The van der Waals surface area contributed by atoms with E-state index < -0.39 is 8.25 Å². The largest absolute Gasteiger partial charge is 0.747 e. The zero-order valence-corrected chi connectivity index (χ0v) is 9.78. The van der Waals surface area contributed by atoms with Crippen molar-refractivity contribution in [1.29, 1.82) is 0 Å². The Morgan fingerprint density at radius 3 is 2.69 bits per heavy atom. The van der Waals surface area contributed by atoms with Gasteiger partial charge in [-0.3, -0.25) is 0 Å². The summed E-state index contributed by atoms with van der Waals surface area (Å²) in [5.41, 5.74) is 0.934. The summed E-state index contributed by atoms with van der Waals surface area (Å²) in [4.78, 5) is 8.55. The van der Waals surface area contributed by atoms with Crippen molar-refractivity contribution in [2.24, 2.45) is 0 Å². The second-order valence-electron chi connectivity index (χ2n) is 2.36. The lowest BCUT2D eigenvalue weighted by Gasteiger charge is -2.00. The molecule has 0 aromatic heterocycles. The van der Waals surface area contributed by atoms with Crippen LogP contribution in [-0.4, -0.2) is 4.89 Å². The van der Waals surface area contributed by atoms with Gasteiger partial charge in [0.05, 0.1) is 0 Å². The van der Waals surface area contributed by atoms with Gasteiger partial charge in [-0.1, -0.05) is 6.07 Å². The molecule has 1 N–H and O–H groups in total. The minimum atomic E-state index is -2.64. The Kier molecular flexibility index (Phi) is 3.90. The lowest BCUT2D eigenvalue weighted by atomic mass is 10.2. The third kappa shape index (κ3) is 3.10. The van der Waals surface area contributed by atoms with Crippen LogP contribution in [0.15, 0.2) is 18.2 Å². The molecule has 0 bridgehead atoms. The van der Waals surface area contributed by atoms with Crippen molar-refractivity contribution < 1.29 is 17.0 Å². The van der Waals surface area contributed by atoms with Gasteiger partial charge in [0.2, 0.25) is 5.75 Å². The molecule has 0 spiro atoms. The zero-order valence-electron chi connectivity index (χ0n) is 6.73. The molecule has 0 saturated carbocycles. The molecule has 0 heterocycles. The third-order valence-electron chi connectivity index (χ3n) is 1.36. The van der Waals surface area contributed by atoms with E-state index in [-0.39, 0.29) is 5.75 Å². The molecular weight excluding hydrogens is 306 g/mol. The first-order chi connectivity index (χ1) is 6.13. The molecule has 6 heteroatoms. The van der Waals surface area contributed by atoms with Crippen molar-refractivity contribution >= 4 is 31.3 Å². The van der Waals surface area contributed by atoms with Crippen molar-refractivity contribution in [3.8, 4) is 11.5 Å². The minimum absolute atomic E-state index is 0.276. The Bertz CT molecular complexity index is 328. The van der Waals surface area contributed by atoms with Gasteiger partial charge in [-0.25, -0.2) is 4.52 Å². The molecule has 4 nitrogen and oxygen atoms in total. The number of halogens is 1. The van der Waals surface area contributed by atoms with Crippen LogP contribution in [0.4, 0.5) is 0 Å². The minimum Gasteiger partial charge on any atom is -0.423 e. The summed E-state index contributed by atoms with van der Waals surface area (Å²) >= 11 is 1.68. The molecule has 1 unspecified atom stereocenters. The number of benzene rings is 1. The van der Waals surface area contributed by atoms with E-state index in [1.54, 1.807) is 35.1 Å². The van der Waals surface area contributed by atoms with Crippen LogP contribution in [-0.2, 0) is 4.57 Å². The van der Waals surface area contributed by atoms with Crippen molar-refractivity contribution in [3.05, 3.63) is 23.8 Å². The van der Waals surface area contributed by atoms with Crippen molar-refractivity contribution in [2.75, 3.05) is 0 Å². The van der Waals surface area contributed by atoms with E-state index >= 15 is 0 Å². The maximum atomic E-state index is 10.4. The SMILES string of the molecule is Cc1ccc(OI)c(O[P+](=O)O)c1. The second kappa shape index (κ2) is 4.74. The van der Waals surface area contributed by atoms with Crippen molar-refractivity contribution in [2.45, 2.75) is 6.92 Å². The highest BCUT2D eigenvalue weighted by molar-refractivity contribution is 14.1. The predicted octanol–water partition coefficient (Wildman–Crippen LogP) is 2.75. The number of hydrogen-bond donors (Lipinski definition) is 1. The maximum absolute atomic E-state index is 10.4. The maximum Gasteiger partial charge on any atom is 0.747 e. The van der Waals surface area contributed by atoms with Gasteiger partial charge in [-0.05, 0) is 24.6 Å². The molecule has 1 aromatic carbocycles. The molecule has 0 amide bonds. The first-order valence-corrected chi connectivity index (χ1v) is 5.38. The van der Waals surface area contributed by atoms with E-state index in [1.807, 2.05) is 13.0 Å². The summed E-state index contributed by atoms with van der Waals surface area (Å²) < 4.78 is 20.0. The average molecular weight is 313 g/mol. The van der Waals surface area contributed by atoms with E-state index in [2.05, 4.69) is 4.52 Å². The molecule has 70 valence electrons. The average Bonchev–Trinajstić information content (AvgIpc) is 2.03. The summed E-state index contributed by atoms with van der Waals surface area (Å²) in [7, 11) is -2.64. The van der Waals surface area contributed by atoms with Gasteiger partial charge in [-0.15, -0.1) is 4.89 Å². The fraction of sp³-hybridized carbons (Fsp3) is 0.143. The van der Waals surface area contributed by atoms with E-state index in [0.29, 0.717) is 5.75 Å². The van der Waals surface area contributed by atoms with Crippen LogP contribution in [0.1, 0.15) is 5.56 Å². The quantitative estimate of drug-likeness (QED) is 0.689. The van der Waals surface area contributed by atoms with E-state index in [0.717, 1.165) is 5.56 Å². The standard InChI is InChI=1S/C7H6IO4P/c1-5-2-3-6(11-8)7(4-5)12-13(9)10/h2-4H,1H3/p+1. The highest BCUT2D eigenvalue weighted by Crippen LogP contribution is 2.34. The van der Waals surface area contributed by atoms with Gasteiger partial charge >= 0.3 is 8.25 Å². The van der Waals surface area contributed by atoms with Crippen molar-refractivity contribution in [1.82, 2.24) is 0 Å². The molecule has 1 aromatic rings. The normalized spacial score (nSPS) is 10.8. The topological polar surface area (TPSA) is 55.8 Å². The smallest absolute Gasteiger partial charge is 0.423 e. The molecule has 0 aliphatic rings. The summed E-state index contributed by atoms with van der Waals surface area (Å²) in [5, 5.41) is 0. The molecule has 0 fully saturated rings. The summed E-state index contributed by atoms with van der Waals surface area (Å²) in [6.45, 7) is 1.86. The fourth-order valence-corrected chi connectivity index (χ4v) is 1.51. The van der Waals surface area contributed by atoms with Gasteiger partial charge < -0.3 is 3.07 Å². The molecule has 13 heavy (non-hydrogen) atoms. The van der Waals surface area contributed by atoms with Crippen LogP contribution in [0.3, 0.4) is 0 Å². The monoisotopic (exact) mass is 313 g/mol. The fourth-order valence-electron chi connectivity index (χ4n) is 0.834. The number of hydrogen-bond acceptors (Lipinski definition) is 3. The van der Waals surface area contributed by atoms with Crippen molar-refractivity contribution in [3.63, 3.8) is 0 Å². The van der Waals surface area contributed by atoms with Gasteiger partial charge in [0, 0.05) is 4.57 Å². The molecule has 0 saturated heterocycles. The molecule has 1 atom stereocenters. The van der Waals surface area contributed by atoms with Crippen LogP contribution in [0.5, 0.6) is 11.5 Å². The Hall–Kier alpha value is -0.390. The number of aryl methyl sites for hydroxylation is 1. The lowest BCUT2D eigenvalue weighted by molar-refractivity contribution is 0.406. The first-order valence-electron chi connectivity index (χ1n) is 3.37. The molecule has 0 aliphatic carbocycles. The van der Waals surface area contributed by atoms with E-state index in [1.165, 1.54) is 0 Å². The van der Waals surface area contributed by atoms with Gasteiger partial charge in [-0.2, -0.15) is 0 Å². The van der Waals surface area contributed by atoms with Crippen LogP contribution in [0, 0.1) is 6.92 Å². The van der Waals surface area contributed by atoms with Crippen LogP contribution in [0.25, 0.3) is 0 Å². The molecular formula is C7H7IO4P+. The molecule has 1 rings (SSSR count). The Balaban J connectivity index is 3.01. The summed E-state index contributed by atoms with van der Waals surface area (Å²) in [6.07, 6.45) is 0. The Morgan fingerprint density at radius 1 is 1.46 bits per heavy atom. The lowest BCUT2D eigenvalue weighted by Crippen LogP contribution is -1.85. The zero-order chi connectivity index (χ0) is 9.84.